The molecule has 0 saturated carbocycles. The number of amides is 2. The Morgan fingerprint density at radius 3 is 2.32 bits per heavy atom. The summed E-state index contributed by atoms with van der Waals surface area (Å²) in [4.78, 5) is 14.4. The number of carbonyl (C=O) groups is 1. The van der Waals surface area contributed by atoms with E-state index in [1.165, 1.54) is 12.1 Å². The third kappa shape index (κ3) is 6.57. The molecule has 0 radical (unpaired) electrons. The van der Waals surface area contributed by atoms with Gasteiger partial charge < -0.3 is 15.5 Å². The monoisotopic (exact) mass is 357 g/mol. The zero-order chi connectivity index (χ0) is 18.4. The highest BCUT2D eigenvalue weighted by molar-refractivity contribution is 5.74. The number of benzene rings is 1. The molecule has 0 bridgehead atoms. The first-order chi connectivity index (χ1) is 11.7. The van der Waals surface area contributed by atoms with Crippen LogP contribution in [0.2, 0.25) is 0 Å². The average Bonchev–Trinajstić information content (AvgIpc) is 2.54. The maximum atomic E-state index is 12.5. The largest absolute Gasteiger partial charge is 0.416 e. The highest BCUT2D eigenvalue weighted by Gasteiger charge is 2.29. The van der Waals surface area contributed by atoms with Crippen molar-refractivity contribution < 1.29 is 18.0 Å². The van der Waals surface area contributed by atoms with Gasteiger partial charge in [-0.1, -0.05) is 26.0 Å². The minimum atomic E-state index is -4.34. The predicted molar refractivity (Wildman–Crippen MR) is 91.1 cm³/mol. The minimum Gasteiger partial charge on any atom is -0.335 e. The normalized spacial score (nSPS) is 16.9. The van der Waals surface area contributed by atoms with Crippen LogP contribution in [0.15, 0.2) is 24.3 Å². The summed E-state index contributed by atoms with van der Waals surface area (Å²) in [5.74, 6) is 0.636. The molecule has 2 amide bonds. The molecule has 1 saturated heterocycles. The highest BCUT2D eigenvalue weighted by atomic mass is 19.4. The van der Waals surface area contributed by atoms with Crippen molar-refractivity contribution in [1.29, 1.82) is 0 Å². The zero-order valence-corrected chi connectivity index (χ0v) is 14.7. The van der Waals surface area contributed by atoms with Gasteiger partial charge in [0.25, 0.3) is 0 Å². The van der Waals surface area contributed by atoms with E-state index in [0.29, 0.717) is 11.5 Å². The number of nitrogens with one attached hydrogen (secondary N) is 2. The van der Waals surface area contributed by atoms with Gasteiger partial charge in [-0.15, -0.1) is 0 Å². The third-order valence-electron chi connectivity index (χ3n) is 4.28. The van der Waals surface area contributed by atoms with Crippen molar-refractivity contribution in [3.8, 4) is 0 Å². The van der Waals surface area contributed by atoms with Gasteiger partial charge in [0.1, 0.15) is 0 Å². The van der Waals surface area contributed by atoms with Crippen molar-refractivity contribution in [3.63, 3.8) is 0 Å². The van der Waals surface area contributed by atoms with Crippen molar-refractivity contribution in [3.05, 3.63) is 35.4 Å². The molecule has 1 heterocycles. The first kappa shape index (κ1) is 19.6. The van der Waals surface area contributed by atoms with E-state index in [1.54, 1.807) is 0 Å². The fraction of sp³-hybridized carbons (Fsp3) is 0.611. The lowest BCUT2D eigenvalue weighted by atomic mass is 10.0. The molecular weight excluding hydrogens is 331 g/mol. The van der Waals surface area contributed by atoms with Crippen LogP contribution >= 0.6 is 0 Å². The summed E-state index contributed by atoms with van der Waals surface area (Å²) in [6.07, 6.45) is -2.51. The molecule has 4 nitrogen and oxygen atoms in total. The van der Waals surface area contributed by atoms with Gasteiger partial charge in [-0.3, -0.25) is 0 Å². The van der Waals surface area contributed by atoms with Gasteiger partial charge in [0.05, 0.1) is 5.56 Å². The molecule has 1 aromatic carbocycles. The van der Waals surface area contributed by atoms with E-state index in [2.05, 4.69) is 29.4 Å². The number of urea groups is 1. The van der Waals surface area contributed by atoms with Crippen LogP contribution in [0.4, 0.5) is 18.0 Å². The van der Waals surface area contributed by atoms with Crippen LogP contribution in [0.3, 0.4) is 0 Å². The number of alkyl halides is 3. The molecule has 1 fully saturated rings. The number of nitrogens with zero attached hydrogens (tertiary/aromatic N) is 1. The number of piperidine rings is 1. The van der Waals surface area contributed by atoms with Crippen LogP contribution in [-0.2, 0) is 12.7 Å². The second kappa shape index (κ2) is 8.56. The fourth-order valence-corrected chi connectivity index (χ4v) is 3.01. The molecule has 0 aromatic heterocycles. The van der Waals surface area contributed by atoms with Gasteiger partial charge in [0.2, 0.25) is 0 Å². The Hall–Kier alpha value is -1.76. The van der Waals surface area contributed by atoms with Crippen molar-refractivity contribution in [1.82, 2.24) is 15.5 Å². The summed E-state index contributed by atoms with van der Waals surface area (Å²) < 4.78 is 37.5. The van der Waals surface area contributed by atoms with E-state index in [-0.39, 0.29) is 18.6 Å². The minimum absolute atomic E-state index is 0.149. The predicted octanol–water partition coefficient (Wildman–Crippen LogP) is 3.63. The molecule has 2 N–H and O–H groups in total. The van der Waals surface area contributed by atoms with Crippen molar-refractivity contribution in [2.45, 2.75) is 45.5 Å². The number of hydrogen-bond acceptors (Lipinski definition) is 2. The van der Waals surface area contributed by atoms with Crippen LogP contribution < -0.4 is 10.6 Å². The molecule has 1 aliphatic heterocycles. The molecule has 7 heteroatoms. The number of halogens is 3. The second-order valence-electron chi connectivity index (χ2n) is 6.99. The van der Waals surface area contributed by atoms with Crippen LogP contribution in [0.25, 0.3) is 0 Å². The van der Waals surface area contributed by atoms with Crippen LogP contribution in [0.1, 0.15) is 37.8 Å². The Labute approximate surface area is 146 Å². The lowest BCUT2D eigenvalue weighted by Crippen LogP contribution is -2.48. The lowest BCUT2D eigenvalue weighted by Gasteiger charge is -2.33. The van der Waals surface area contributed by atoms with Crippen molar-refractivity contribution in [2.75, 3.05) is 19.6 Å². The smallest absolute Gasteiger partial charge is 0.335 e. The molecule has 0 spiro atoms. The van der Waals surface area contributed by atoms with Gasteiger partial charge in [0.15, 0.2) is 0 Å². The highest BCUT2D eigenvalue weighted by Crippen LogP contribution is 2.29. The first-order valence-corrected chi connectivity index (χ1v) is 8.67. The van der Waals surface area contributed by atoms with E-state index in [4.69, 9.17) is 0 Å². The number of rotatable bonds is 5. The molecule has 1 aromatic rings. The molecule has 0 atom stereocenters. The molecule has 0 unspecified atom stereocenters. The average molecular weight is 357 g/mol. The number of likely N-dealkylation sites (tertiary alicyclic amines) is 1. The van der Waals surface area contributed by atoms with E-state index in [9.17, 15) is 18.0 Å². The topological polar surface area (TPSA) is 44.4 Å². The molecule has 25 heavy (non-hydrogen) atoms. The fourth-order valence-electron chi connectivity index (χ4n) is 3.01. The Morgan fingerprint density at radius 2 is 1.80 bits per heavy atom. The molecule has 140 valence electrons. The molecular formula is C18H26F3N3O. The van der Waals surface area contributed by atoms with E-state index in [0.717, 1.165) is 44.6 Å². The molecule has 2 rings (SSSR count). The van der Waals surface area contributed by atoms with Gasteiger partial charge in [-0.2, -0.15) is 13.2 Å². The Balaban J connectivity index is 1.71. The quantitative estimate of drug-likeness (QED) is 0.845. The summed E-state index contributed by atoms with van der Waals surface area (Å²) in [6, 6.07) is 4.69. The first-order valence-electron chi connectivity index (χ1n) is 8.67. The van der Waals surface area contributed by atoms with Gasteiger partial charge in [-0.25, -0.2) is 4.79 Å². The van der Waals surface area contributed by atoms with Gasteiger partial charge >= 0.3 is 12.2 Å². The third-order valence-corrected chi connectivity index (χ3v) is 4.28. The van der Waals surface area contributed by atoms with Crippen LogP contribution in [0.5, 0.6) is 0 Å². The van der Waals surface area contributed by atoms with Crippen LogP contribution in [-0.4, -0.2) is 36.6 Å². The maximum absolute atomic E-state index is 12.5. The summed E-state index contributed by atoms with van der Waals surface area (Å²) in [5, 5.41) is 5.64. The number of hydrogen-bond donors (Lipinski definition) is 2. The summed E-state index contributed by atoms with van der Waals surface area (Å²) in [6.45, 7) is 7.62. The van der Waals surface area contributed by atoms with Crippen LogP contribution in [0, 0.1) is 5.92 Å². The number of carbonyl (C=O) groups excluding carboxylic acids is 1. The summed E-state index contributed by atoms with van der Waals surface area (Å²) >= 11 is 0. The maximum Gasteiger partial charge on any atom is 0.416 e. The van der Waals surface area contributed by atoms with Crippen molar-refractivity contribution >= 4 is 6.03 Å². The van der Waals surface area contributed by atoms with E-state index in [1.807, 2.05) is 0 Å². The Kier molecular flexibility index (Phi) is 6.70. The second-order valence-corrected chi connectivity index (χ2v) is 6.99. The SMILES string of the molecule is CC(C)CN1CCC(NC(=O)NCc2ccc(C(F)(F)F)cc2)CC1. The molecule has 1 aliphatic rings. The lowest BCUT2D eigenvalue weighted by molar-refractivity contribution is -0.137. The summed E-state index contributed by atoms with van der Waals surface area (Å²) in [7, 11) is 0. The van der Waals surface area contributed by atoms with E-state index < -0.39 is 11.7 Å². The Bertz CT molecular complexity index is 550. The van der Waals surface area contributed by atoms with Crippen molar-refractivity contribution in [2.24, 2.45) is 5.92 Å². The van der Waals surface area contributed by atoms with Gasteiger partial charge in [0, 0.05) is 32.2 Å². The Morgan fingerprint density at radius 1 is 1.20 bits per heavy atom. The molecule has 0 aliphatic carbocycles. The standard InChI is InChI=1S/C18H26F3N3O/c1-13(2)12-24-9-7-16(8-10-24)23-17(25)22-11-14-3-5-15(6-4-14)18(19,20)21/h3-6,13,16H,7-12H2,1-2H3,(H2,22,23,25). The zero-order valence-electron chi connectivity index (χ0n) is 14.7. The summed E-state index contributed by atoms with van der Waals surface area (Å²) in [5.41, 5.74) is -0.0521. The van der Waals surface area contributed by atoms with Gasteiger partial charge in [-0.05, 0) is 36.5 Å². The van der Waals surface area contributed by atoms with E-state index >= 15 is 0 Å².